The lowest BCUT2D eigenvalue weighted by Crippen LogP contribution is -1.97. The highest BCUT2D eigenvalue weighted by atomic mass is 16.4. The molecule has 0 saturated carbocycles. The molecule has 4 heterocycles. The van der Waals surface area contributed by atoms with Crippen molar-refractivity contribution in [1.29, 1.82) is 0 Å². The molecule has 0 aliphatic carbocycles. The second kappa shape index (κ2) is 4.71. The number of anilines is 2. The van der Waals surface area contributed by atoms with E-state index in [1.807, 2.05) is 24.5 Å². The highest BCUT2D eigenvalue weighted by Crippen LogP contribution is 2.26. The van der Waals surface area contributed by atoms with Crippen molar-refractivity contribution in [2.75, 3.05) is 5.32 Å². The zero-order valence-corrected chi connectivity index (χ0v) is 10.8. The minimum Gasteiger partial charge on any atom is -0.432 e. The first kappa shape index (κ1) is 11.6. The Morgan fingerprint density at radius 2 is 2.10 bits per heavy atom. The zero-order chi connectivity index (χ0) is 14.1. The summed E-state index contributed by atoms with van der Waals surface area (Å²) in [5.74, 6) is 0.424. The van der Waals surface area contributed by atoms with Crippen LogP contribution in [0.15, 0.2) is 53.8 Å². The van der Waals surface area contributed by atoms with Gasteiger partial charge in [0.1, 0.15) is 6.26 Å². The summed E-state index contributed by atoms with van der Waals surface area (Å²) in [4.78, 5) is 20.0. The van der Waals surface area contributed by atoms with Gasteiger partial charge in [0, 0.05) is 41.3 Å². The summed E-state index contributed by atoms with van der Waals surface area (Å²) in [5, 5.41) is 3.92. The topological polar surface area (TPSA) is 92.5 Å². The van der Waals surface area contributed by atoms with E-state index in [2.05, 4.69) is 30.2 Å². The van der Waals surface area contributed by atoms with Crippen LogP contribution in [0.25, 0.3) is 22.2 Å². The van der Waals surface area contributed by atoms with E-state index in [-0.39, 0.29) is 0 Å². The average Bonchev–Trinajstić information content (AvgIpc) is 3.16. The van der Waals surface area contributed by atoms with Crippen LogP contribution >= 0.6 is 0 Å². The van der Waals surface area contributed by atoms with Gasteiger partial charge in [-0.1, -0.05) is 0 Å². The molecular formula is C14H10N6O. The van der Waals surface area contributed by atoms with Gasteiger partial charge in [-0.15, -0.1) is 0 Å². The predicted molar refractivity (Wildman–Crippen MR) is 76.9 cm³/mol. The number of fused-ring (bicyclic) bond motifs is 1. The van der Waals surface area contributed by atoms with Crippen molar-refractivity contribution in [2.24, 2.45) is 0 Å². The van der Waals surface area contributed by atoms with Crippen LogP contribution in [-0.2, 0) is 0 Å². The molecule has 102 valence electrons. The number of hydrogen-bond donors (Lipinski definition) is 2. The molecule has 0 spiro atoms. The van der Waals surface area contributed by atoms with Crippen LogP contribution in [0.5, 0.6) is 0 Å². The molecular weight excluding hydrogens is 268 g/mol. The van der Waals surface area contributed by atoms with Crippen molar-refractivity contribution < 1.29 is 4.42 Å². The van der Waals surface area contributed by atoms with Gasteiger partial charge < -0.3 is 9.40 Å². The molecule has 0 fully saturated rings. The molecule has 7 nitrogen and oxygen atoms in total. The summed E-state index contributed by atoms with van der Waals surface area (Å²) < 4.78 is 5.12. The summed E-state index contributed by atoms with van der Waals surface area (Å²) >= 11 is 0. The number of aromatic amines is 1. The first-order valence-electron chi connectivity index (χ1n) is 6.31. The number of aromatic nitrogens is 5. The molecule has 4 aromatic rings. The van der Waals surface area contributed by atoms with Gasteiger partial charge >= 0.3 is 6.01 Å². The first-order valence-corrected chi connectivity index (χ1v) is 6.31. The SMILES string of the molecule is c1cc2[nH]cc(-c3ccnc(Nc4ncco4)n3)c2cn1. The van der Waals surface area contributed by atoms with Crippen molar-refractivity contribution in [1.82, 2.24) is 24.9 Å². The van der Waals surface area contributed by atoms with Crippen LogP contribution in [0.1, 0.15) is 0 Å². The molecule has 0 unspecified atom stereocenters. The van der Waals surface area contributed by atoms with Crippen LogP contribution in [-0.4, -0.2) is 24.9 Å². The number of rotatable bonds is 3. The van der Waals surface area contributed by atoms with Crippen molar-refractivity contribution >= 4 is 22.9 Å². The van der Waals surface area contributed by atoms with Gasteiger partial charge in [-0.2, -0.15) is 0 Å². The van der Waals surface area contributed by atoms with Gasteiger partial charge in [-0.05, 0) is 12.1 Å². The lowest BCUT2D eigenvalue weighted by molar-refractivity contribution is 0.577. The summed E-state index contributed by atoms with van der Waals surface area (Å²) in [7, 11) is 0. The molecule has 0 amide bonds. The average molecular weight is 278 g/mol. The van der Waals surface area contributed by atoms with Gasteiger partial charge in [-0.3, -0.25) is 10.3 Å². The standard InChI is InChI=1S/C14H10N6O/c1-3-15-7-9-10(8-18-11(1)9)12-2-4-16-13(19-12)20-14-17-5-6-21-14/h1-8,18H,(H,16,17,19,20). The summed E-state index contributed by atoms with van der Waals surface area (Å²) in [6.45, 7) is 0. The van der Waals surface area contributed by atoms with Crippen LogP contribution in [0.3, 0.4) is 0 Å². The Balaban J connectivity index is 1.75. The molecule has 2 N–H and O–H groups in total. The quantitative estimate of drug-likeness (QED) is 0.598. The Labute approximate surface area is 119 Å². The zero-order valence-electron chi connectivity index (χ0n) is 10.8. The molecule has 0 bridgehead atoms. The van der Waals surface area contributed by atoms with Crippen LogP contribution in [0.2, 0.25) is 0 Å². The van der Waals surface area contributed by atoms with Crippen molar-refractivity contribution in [3.05, 3.63) is 49.4 Å². The van der Waals surface area contributed by atoms with E-state index in [9.17, 15) is 0 Å². The third-order valence-corrected chi connectivity index (χ3v) is 3.07. The minimum absolute atomic E-state index is 0.354. The smallest absolute Gasteiger partial charge is 0.301 e. The van der Waals surface area contributed by atoms with E-state index in [1.165, 1.54) is 6.26 Å². The number of nitrogens with one attached hydrogen (secondary N) is 2. The van der Waals surface area contributed by atoms with Gasteiger partial charge in [0.15, 0.2) is 0 Å². The summed E-state index contributed by atoms with van der Waals surface area (Å²) in [6.07, 6.45) is 10.2. The molecule has 0 atom stereocenters. The van der Waals surface area contributed by atoms with Gasteiger partial charge in [0.2, 0.25) is 5.95 Å². The Kier molecular flexibility index (Phi) is 2.60. The van der Waals surface area contributed by atoms with Crippen LogP contribution < -0.4 is 5.32 Å². The second-order valence-corrected chi connectivity index (χ2v) is 4.35. The van der Waals surface area contributed by atoms with Crippen LogP contribution in [0.4, 0.5) is 12.0 Å². The molecule has 0 aromatic carbocycles. The van der Waals surface area contributed by atoms with Crippen molar-refractivity contribution in [3.8, 4) is 11.3 Å². The summed E-state index contributed by atoms with van der Waals surface area (Å²) in [5.41, 5.74) is 2.77. The number of oxazole rings is 1. The highest BCUT2D eigenvalue weighted by Gasteiger charge is 2.09. The molecule has 21 heavy (non-hydrogen) atoms. The molecule has 7 heteroatoms. The van der Waals surface area contributed by atoms with Gasteiger partial charge in [0.05, 0.1) is 11.9 Å². The van der Waals surface area contributed by atoms with Gasteiger partial charge in [0.25, 0.3) is 0 Å². The van der Waals surface area contributed by atoms with Crippen molar-refractivity contribution in [2.45, 2.75) is 0 Å². The minimum atomic E-state index is 0.354. The van der Waals surface area contributed by atoms with E-state index < -0.39 is 0 Å². The van der Waals surface area contributed by atoms with E-state index in [0.717, 1.165) is 22.2 Å². The predicted octanol–water partition coefficient (Wildman–Crippen LogP) is 2.75. The van der Waals surface area contributed by atoms with E-state index in [1.54, 1.807) is 18.6 Å². The third-order valence-electron chi connectivity index (χ3n) is 3.07. The molecule has 4 aromatic heterocycles. The Hall–Kier alpha value is -3.22. The number of hydrogen-bond acceptors (Lipinski definition) is 6. The number of nitrogens with zero attached hydrogens (tertiary/aromatic N) is 4. The molecule has 0 saturated heterocycles. The Morgan fingerprint density at radius 1 is 1.10 bits per heavy atom. The molecule has 4 rings (SSSR count). The normalized spacial score (nSPS) is 10.9. The van der Waals surface area contributed by atoms with Crippen LogP contribution in [0, 0.1) is 0 Å². The fourth-order valence-corrected chi connectivity index (χ4v) is 2.12. The Bertz CT molecular complexity index is 883. The maximum Gasteiger partial charge on any atom is 0.301 e. The maximum absolute atomic E-state index is 5.12. The fourth-order valence-electron chi connectivity index (χ4n) is 2.12. The molecule has 0 radical (unpaired) electrons. The first-order chi connectivity index (χ1) is 10.4. The second-order valence-electron chi connectivity index (χ2n) is 4.35. The van der Waals surface area contributed by atoms with E-state index in [0.29, 0.717) is 12.0 Å². The Morgan fingerprint density at radius 3 is 3.00 bits per heavy atom. The highest BCUT2D eigenvalue weighted by molar-refractivity contribution is 5.93. The summed E-state index contributed by atoms with van der Waals surface area (Å²) in [6, 6.07) is 4.12. The number of H-pyrrole nitrogens is 1. The molecule has 0 aliphatic heterocycles. The van der Waals surface area contributed by atoms with Crippen molar-refractivity contribution in [3.63, 3.8) is 0 Å². The van der Waals surface area contributed by atoms with E-state index in [4.69, 9.17) is 4.42 Å². The fraction of sp³-hybridized carbons (Fsp3) is 0. The van der Waals surface area contributed by atoms with E-state index >= 15 is 0 Å². The monoisotopic (exact) mass is 278 g/mol. The lowest BCUT2D eigenvalue weighted by atomic mass is 10.1. The van der Waals surface area contributed by atoms with Gasteiger partial charge in [-0.25, -0.2) is 15.0 Å². The largest absolute Gasteiger partial charge is 0.432 e. The third kappa shape index (κ3) is 2.10. The number of pyridine rings is 1. The maximum atomic E-state index is 5.12. The molecule has 0 aliphatic rings. The lowest BCUT2D eigenvalue weighted by Gasteiger charge is -2.02.